The van der Waals surface area contributed by atoms with Gasteiger partial charge in [-0.3, -0.25) is 9.58 Å². The van der Waals surface area contributed by atoms with Crippen LogP contribution in [0.4, 0.5) is 5.82 Å². The van der Waals surface area contributed by atoms with Crippen LogP contribution in [0.3, 0.4) is 0 Å². The number of hydrogen-bond donors (Lipinski definition) is 2. The van der Waals surface area contributed by atoms with Gasteiger partial charge in [0.2, 0.25) is 0 Å². The zero-order valence-electron chi connectivity index (χ0n) is 11.7. The maximum absolute atomic E-state index is 5.53. The van der Waals surface area contributed by atoms with Crippen molar-refractivity contribution in [2.45, 2.75) is 19.1 Å². The smallest absolute Gasteiger partial charge is 0.163 e. The Morgan fingerprint density at radius 1 is 1.50 bits per heavy atom. The molecule has 0 amide bonds. The summed E-state index contributed by atoms with van der Waals surface area (Å²) < 4.78 is 7.10. The number of rotatable bonds is 4. The zero-order valence-corrected chi connectivity index (χ0v) is 11.7. The van der Waals surface area contributed by atoms with Gasteiger partial charge in [-0.05, 0) is 6.42 Å². The summed E-state index contributed by atoms with van der Waals surface area (Å²) in [6.45, 7) is 2.60. The molecule has 0 aliphatic carbocycles. The normalized spacial score (nSPS) is 19.9. The molecule has 1 atom stereocenters. The Balaban J connectivity index is 1.86. The van der Waals surface area contributed by atoms with Crippen LogP contribution in [0.5, 0.6) is 0 Å². The number of nitrogens with one attached hydrogen (secondary N) is 1. The molecule has 1 saturated heterocycles. The summed E-state index contributed by atoms with van der Waals surface area (Å²) in [6, 6.07) is 0. The summed E-state index contributed by atoms with van der Waals surface area (Å²) >= 11 is 0. The van der Waals surface area contributed by atoms with Gasteiger partial charge in [0, 0.05) is 27.2 Å². The van der Waals surface area contributed by atoms with Crippen molar-refractivity contribution >= 4 is 16.9 Å². The summed E-state index contributed by atoms with van der Waals surface area (Å²) in [7, 11) is 3.61. The largest absolute Gasteiger partial charge is 0.380 e. The van der Waals surface area contributed by atoms with Gasteiger partial charge in [-0.15, -0.1) is 0 Å². The number of nitrogen functional groups attached to an aromatic ring is 1. The molecule has 2 aromatic rings. The van der Waals surface area contributed by atoms with E-state index in [-0.39, 0.29) is 0 Å². The second-order valence-electron chi connectivity index (χ2n) is 5.02. The third-order valence-electron chi connectivity index (χ3n) is 3.70. The van der Waals surface area contributed by atoms with E-state index < -0.39 is 0 Å². The van der Waals surface area contributed by atoms with E-state index in [0.29, 0.717) is 18.5 Å². The lowest BCUT2D eigenvalue weighted by atomic mass is 10.3. The van der Waals surface area contributed by atoms with E-state index in [9.17, 15) is 0 Å². The minimum absolute atomic E-state index is 0.308. The van der Waals surface area contributed by atoms with Crippen LogP contribution in [0.1, 0.15) is 12.2 Å². The second-order valence-corrected chi connectivity index (χ2v) is 5.02. The lowest BCUT2D eigenvalue weighted by Crippen LogP contribution is -2.24. The summed E-state index contributed by atoms with van der Waals surface area (Å²) in [5.74, 6) is 6.89. The average molecular weight is 277 g/mol. The third kappa shape index (κ3) is 2.33. The van der Waals surface area contributed by atoms with Crippen LogP contribution < -0.4 is 11.3 Å². The number of aromatic nitrogens is 4. The van der Waals surface area contributed by atoms with Crippen LogP contribution in [0.25, 0.3) is 11.0 Å². The fourth-order valence-corrected chi connectivity index (χ4v) is 2.58. The summed E-state index contributed by atoms with van der Waals surface area (Å²) in [5.41, 5.74) is 3.40. The van der Waals surface area contributed by atoms with E-state index in [1.165, 1.54) is 0 Å². The molecule has 2 aromatic heterocycles. The predicted molar refractivity (Wildman–Crippen MR) is 74.8 cm³/mol. The van der Waals surface area contributed by atoms with Gasteiger partial charge < -0.3 is 10.2 Å². The van der Waals surface area contributed by atoms with Gasteiger partial charge in [-0.2, -0.15) is 5.10 Å². The van der Waals surface area contributed by atoms with Crippen molar-refractivity contribution in [3.05, 3.63) is 12.0 Å². The lowest BCUT2D eigenvalue weighted by molar-refractivity contribution is 0.107. The standard InChI is InChI=1S/C12H19N7O/c1-18-12-9(5-14-18)11(17-13)15-10(16-12)7-19-4-3-8(6-19)20-2/h5,8H,3-4,6-7,13H2,1-2H3,(H,15,16,17). The summed E-state index contributed by atoms with van der Waals surface area (Å²) in [6.07, 6.45) is 3.07. The van der Waals surface area contributed by atoms with Gasteiger partial charge in [0.1, 0.15) is 5.82 Å². The van der Waals surface area contributed by atoms with Gasteiger partial charge in [-0.25, -0.2) is 15.8 Å². The first-order chi connectivity index (χ1) is 9.71. The molecular formula is C12H19N7O. The number of fused-ring (bicyclic) bond motifs is 1. The molecule has 0 aromatic carbocycles. The van der Waals surface area contributed by atoms with Gasteiger partial charge >= 0.3 is 0 Å². The molecule has 1 fully saturated rings. The number of nitrogens with zero attached hydrogens (tertiary/aromatic N) is 5. The summed E-state index contributed by atoms with van der Waals surface area (Å²) in [4.78, 5) is 11.3. The Labute approximate surface area is 116 Å². The second kappa shape index (κ2) is 5.31. The first-order valence-corrected chi connectivity index (χ1v) is 6.61. The summed E-state index contributed by atoms with van der Waals surface area (Å²) in [5, 5.41) is 5.02. The Morgan fingerprint density at radius 2 is 2.35 bits per heavy atom. The highest BCUT2D eigenvalue weighted by molar-refractivity contribution is 5.86. The third-order valence-corrected chi connectivity index (χ3v) is 3.70. The Kier molecular flexibility index (Phi) is 3.51. The van der Waals surface area contributed by atoms with Crippen LogP contribution in [0, 0.1) is 0 Å². The molecular weight excluding hydrogens is 258 g/mol. The number of hydrazine groups is 1. The van der Waals surface area contributed by atoms with Crippen molar-refractivity contribution < 1.29 is 4.74 Å². The van der Waals surface area contributed by atoms with Crippen molar-refractivity contribution in [1.82, 2.24) is 24.6 Å². The Bertz CT molecular complexity index is 611. The van der Waals surface area contributed by atoms with E-state index in [0.717, 1.165) is 36.4 Å². The average Bonchev–Trinajstić information content (AvgIpc) is 3.06. The van der Waals surface area contributed by atoms with E-state index >= 15 is 0 Å². The number of nitrogens with two attached hydrogens (primary N) is 1. The highest BCUT2D eigenvalue weighted by atomic mass is 16.5. The quantitative estimate of drug-likeness (QED) is 0.594. The van der Waals surface area contributed by atoms with Gasteiger partial charge in [-0.1, -0.05) is 0 Å². The zero-order chi connectivity index (χ0) is 14.1. The molecule has 0 saturated carbocycles. The lowest BCUT2D eigenvalue weighted by Gasteiger charge is -2.15. The number of methoxy groups -OCH3 is 1. The predicted octanol–water partition coefficient (Wildman–Crippen LogP) is -0.130. The van der Waals surface area contributed by atoms with Crippen molar-refractivity contribution in [1.29, 1.82) is 0 Å². The van der Waals surface area contributed by atoms with E-state index in [1.54, 1.807) is 18.0 Å². The highest BCUT2D eigenvalue weighted by Gasteiger charge is 2.23. The molecule has 3 heterocycles. The Morgan fingerprint density at radius 3 is 3.05 bits per heavy atom. The topological polar surface area (TPSA) is 94.1 Å². The van der Waals surface area contributed by atoms with Crippen LogP contribution >= 0.6 is 0 Å². The van der Waals surface area contributed by atoms with Crippen molar-refractivity contribution in [3.63, 3.8) is 0 Å². The maximum Gasteiger partial charge on any atom is 0.163 e. The van der Waals surface area contributed by atoms with E-state index in [2.05, 4.69) is 25.4 Å². The molecule has 0 radical (unpaired) electrons. The monoisotopic (exact) mass is 277 g/mol. The molecule has 8 heteroatoms. The molecule has 1 aliphatic rings. The van der Waals surface area contributed by atoms with Crippen LogP contribution in [0.2, 0.25) is 0 Å². The molecule has 108 valence electrons. The molecule has 0 spiro atoms. The molecule has 3 rings (SSSR count). The fraction of sp³-hybridized carbons (Fsp3) is 0.583. The van der Waals surface area contributed by atoms with Crippen LogP contribution in [-0.4, -0.2) is 51.0 Å². The number of anilines is 1. The maximum atomic E-state index is 5.53. The first-order valence-electron chi connectivity index (χ1n) is 6.61. The molecule has 1 aliphatic heterocycles. The fourth-order valence-electron chi connectivity index (χ4n) is 2.58. The van der Waals surface area contributed by atoms with Crippen LogP contribution in [-0.2, 0) is 18.3 Å². The first kappa shape index (κ1) is 13.2. The molecule has 3 N–H and O–H groups in total. The number of likely N-dealkylation sites (tertiary alicyclic amines) is 1. The van der Waals surface area contributed by atoms with Gasteiger partial charge in [0.05, 0.1) is 24.2 Å². The number of aryl methyl sites for hydroxylation is 1. The van der Waals surface area contributed by atoms with E-state index in [4.69, 9.17) is 10.6 Å². The van der Waals surface area contributed by atoms with Crippen molar-refractivity contribution in [3.8, 4) is 0 Å². The number of hydrogen-bond acceptors (Lipinski definition) is 7. The number of ether oxygens (including phenoxy) is 1. The van der Waals surface area contributed by atoms with E-state index in [1.807, 2.05) is 7.05 Å². The molecule has 8 nitrogen and oxygen atoms in total. The Hall–Kier alpha value is -1.77. The minimum atomic E-state index is 0.308. The molecule has 1 unspecified atom stereocenters. The SMILES string of the molecule is COC1CCN(Cc2nc(NN)c3cnn(C)c3n2)C1. The van der Waals surface area contributed by atoms with Crippen molar-refractivity contribution in [2.24, 2.45) is 12.9 Å². The van der Waals surface area contributed by atoms with Crippen LogP contribution in [0.15, 0.2) is 6.20 Å². The molecule has 20 heavy (non-hydrogen) atoms. The minimum Gasteiger partial charge on any atom is -0.380 e. The van der Waals surface area contributed by atoms with Gasteiger partial charge in [0.15, 0.2) is 11.5 Å². The van der Waals surface area contributed by atoms with Crippen molar-refractivity contribution in [2.75, 3.05) is 25.6 Å². The highest BCUT2D eigenvalue weighted by Crippen LogP contribution is 2.20. The van der Waals surface area contributed by atoms with Gasteiger partial charge in [0.25, 0.3) is 0 Å². The molecule has 0 bridgehead atoms.